The van der Waals surface area contributed by atoms with Crippen LogP contribution in [0.2, 0.25) is 0 Å². The van der Waals surface area contributed by atoms with Crippen molar-refractivity contribution < 1.29 is 4.79 Å². The number of nitrogens with one attached hydrogen (secondary N) is 2. The molecule has 0 saturated carbocycles. The van der Waals surface area contributed by atoms with Gasteiger partial charge in [0.2, 0.25) is 0 Å². The number of amides is 1. The van der Waals surface area contributed by atoms with E-state index in [0.29, 0.717) is 30.2 Å². The van der Waals surface area contributed by atoms with E-state index in [1.165, 1.54) is 17.7 Å². The monoisotopic (exact) mass is 406 g/mol. The summed E-state index contributed by atoms with van der Waals surface area (Å²) in [5.41, 5.74) is 4.69. The fraction of sp³-hybridized carbons (Fsp3) is 0.158. The third kappa shape index (κ3) is 4.43. The maximum absolute atomic E-state index is 12.4. The molecule has 1 aromatic carbocycles. The van der Waals surface area contributed by atoms with Crippen LogP contribution in [0.25, 0.3) is 11.5 Å². The largest absolute Gasteiger partial charge is 0.378 e. The molecular weight excluding hydrogens is 388 g/mol. The van der Waals surface area contributed by atoms with Gasteiger partial charge in [0.1, 0.15) is 12.0 Å². The maximum Gasteiger partial charge on any atom is 0.251 e. The first-order chi connectivity index (χ1) is 14.2. The summed E-state index contributed by atoms with van der Waals surface area (Å²) in [6.07, 6.45) is 3.15. The fourth-order valence-electron chi connectivity index (χ4n) is 2.71. The first-order valence-electron chi connectivity index (χ1n) is 8.84. The zero-order valence-corrected chi connectivity index (χ0v) is 16.4. The Morgan fingerprint density at radius 1 is 1.17 bits per heavy atom. The quantitative estimate of drug-likeness (QED) is 0.484. The van der Waals surface area contributed by atoms with Gasteiger partial charge in [-0.15, -0.1) is 21.5 Å². The molecule has 3 aromatic heterocycles. The van der Waals surface area contributed by atoms with Crippen LogP contribution in [-0.4, -0.2) is 35.6 Å². The Morgan fingerprint density at radius 3 is 2.90 bits per heavy atom. The van der Waals surface area contributed by atoms with Gasteiger partial charge < -0.3 is 15.2 Å². The van der Waals surface area contributed by atoms with E-state index in [4.69, 9.17) is 0 Å². The minimum absolute atomic E-state index is 0.147. The van der Waals surface area contributed by atoms with Gasteiger partial charge in [-0.3, -0.25) is 4.79 Å². The highest BCUT2D eigenvalue weighted by molar-refractivity contribution is 7.07. The molecule has 29 heavy (non-hydrogen) atoms. The van der Waals surface area contributed by atoms with Crippen LogP contribution >= 0.6 is 11.3 Å². The number of benzene rings is 1. The van der Waals surface area contributed by atoms with Gasteiger partial charge in [-0.25, -0.2) is 15.0 Å². The molecule has 4 aromatic rings. The van der Waals surface area contributed by atoms with Gasteiger partial charge in [-0.1, -0.05) is 6.07 Å². The molecule has 0 bridgehead atoms. The van der Waals surface area contributed by atoms with E-state index in [-0.39, 0.29) is 5.91 Å². The number of carbonyl (C=O) groups is 1. The number of hydrogen-bond acceptors (Lipinski definition) is 8. The molecule has 9 nitrogen and oxygen atoms in total. The molecule has 0 spiro atoms. The zero-order chi connectivity index (χ0) is 20.1. The number of thiazole rings is 1. The molecule has 0 aliphatic carbocycles. The standard InChI is InChI=1S/C19H18N8OS/c1-27-17(25-26-18(27)16-5-6-20-11-23-16)9-21-14-4-2-3-13(7-14)19(28)22-8-15-10-29-12-24-15/h2-7,10-12,21H,8-9H2,1H3,(H,22,28). The molecule has 0 unspecified atom stereocenters. The summed E-state index contributed by atoms with van der Waals surface area (Å²) in [7, 11) is 1.89. The number of rotatable bonds is 7. The van der Waals surface area contributed by atoms with Crippen LogP contribution in [0.1, 0.15) is 21.9 Å². The van der Waals surface area contributed by atoms with Crippen LogP contribution in [0.5, 0.6) is 0 Å². The van der Waals surface area contributed by atoms with Crippen molar-refractivity contribution in [3.8, 4) is 11.5 Å². The van der Waals surface area contributed by atoms with E-state index in [1.54, 1.807) is 29.9 Å². The van der Waals surface area contributed by atoms with Crippen molar-refractivity contribution in [1.82, 2.24) is 35.0 Å². The second-order valence-corrected chi connectivity index (χ2v) is 6.91. The number of hydrogen-bond donors (Lipinski definition) is 2. The SMILES string of the molecule is Cn1c(CNc2cccc(C(=O)NCc3cscn3)c2)nnc1-c1ccncn1. The summed E-state index contributed by atoms with van der Waals surface area (Å²) >= 11 is 1.50. The Balaban J connectivity index is 1.40. The van der Waals surface area contributed by atoms with Crippen LogP contribution in [0.3, 0.4) is 0 Å². The molecular formula is C19H18N8OS. The Kier molecular flexibility index (Phi) is 5.52. The minimum atomic E-state index is -0.147. The molecule has 4 rings (SSSR count). The smallest absolute Gasteiger partial charge is 0.251 e. The maximum atomic E-state index is 12.4. The van der Waals surface area contributed by atoms with Crippen molar-refractivity contribution in [1.29, 1.82) is 0 Å². The van der Waals surface area contributed by atoms with Crippen molar-refractivity contribution in [2.75, 3.05) is 5.32 Å². The number of anilines is 1. The molecule has 2 N–H and O–H groups in total. The third-order valence-corrected chi connectivity index (χ3v) is 4.90. The van der Waals surface area contributed by atoms with Crippen LogP contribution in [0, 0.1) is 0 Å². The summed E-state index contributed by atoms with van der Waals surface area (Å²) in [5.74, 6) is 1.27. The second kappa shape index (κ2) is 8.57. The first kappa shape index (κ1) is 18.7. The molecule has 0 atom stereocenters. The van der Waals surface area contributed by atoms with Gasteiger partial charge in [-0.05, 0) is 24.3 Å². The van der Waals surface area contributed by atoms with E-state index in [2.05, 4.69) is 35.8 Å². The van der Waals surface area contributed by atoms with Gasteiger partial charge in [-0.2, -0.15) is 0 Å². The number of aromatic nitrogens is 6. The average molecular weight is 406 g/mol. The number of nitrogens with zero attached hydrogens (tertiary/aromatic N) is 6. The molecule has 0 aliphatic heterocycles. The Morgan fingerprint density at radius 2 is 2.10 bits per heavy atom. The third-order valence-electron chi connectivity index (χ3n) is 4.27. The highest BCUT2D eigenvalue weighted by Crippen LogP contribution is 2.16. The fourth-order valence-corrected chi connectivity index (χ4v) is 3.27. The van der Waals surface area contributed by atoms with E-state index in [1.807, 2.05) is 29.1 Å². The van der Waals surface area contributed by atoms with E-state index >= 15 is 0 Å². The summed E-state index contributed by atoms with van der Waals surface area (Å²) < 4.78 is 1.87. The van der Waals surface area contributed by atoms with Gasteiger partial charge in [0.15, 0.2) is 11.6 Å². The summed E-state index contributed by atoms with van der Waals surface area (Å²) in [4.78, 5) is 24.7. The second-order valence-electron chi connectivity index (χ2n) is 6.19. The molecule has 0 fully saturated rings. The lowest BCUT2D eigenvalue weighted by molar-refractivity contribution is 0.0950. The van der Waals surface area contributed by atoms with Crippen molar-refractivity contribution in [3.63, 3.8) is 0 Å². The Bertz CT molecular complexity index is 1090. The van der Waals surface area contributed by atoms with Gasteiger partial charge >= 0.3 is 0 Å². The summed E-state index contributed by atoms with van der Waals surface area (Å²) in [6.45, 7) is 0.864. The van der Waals surface area contributed by atoms with Gasteiger partial charge in [0.25, 0.3) is 5.91 Å². The van der Waals surface area contributed by atoms with Crippen molar-refractivity contribution in [2.45, 2.75) is 13.1 Å². The van der Waals surface area contributed by atoms with Gasteiger partial charge in [0, 0.05) is 29.9 Å². The predicted octanol–water partition coefficient (Wildman–Crippen LogP) is 2.27. The first-order valence-corrected chi connectivity index (χ1v) is 9.79. The molecule has 0 saturated heterocycles. The predicted molar refractivity (Wildman–Crippen MR) is 109 cm³/mol. The molecule has 1 amide bonds. The highest BCUT2D eigenvalue weighted by Gasteiger charge is 2.12. The molecule has 10 heteroatoms. The molecule has 146 valence electrons. The summed E-state index contributed by atoms with van der Waals surface area (Å²) in [5, 5.41) is 16.5. The molecule has 0 aliphatic rings. The average Bonchev–Trinajstić information content (AvgIpc) is 3.41. The van der Waals surface area contributed by atoms with Crippen molar-refractivity contribution in [3.05, 3.63) is 70.8 Å². The van der Waals surface area contributed by atoms with Gasteiger partial charge in [0.05, 0.1) is 24.3 Å². The van der Waals surface area contributed by atoms with Crippen LogP contribution in [-0.2, 0) is 20.1 Å². The normalized spacial score (nSPS) is 10.7. The van der Waals surface area contributed by atoms with E-state index in [9.17, 15) is 4.79 Å². The van der Waals surface area contributed by atoms with Crippen molar-refractivity contribution in [2.24, 2.45) is 7.05 Å². The van der Waals surface area contributed by atoms with Crippen LogP contribution in [0.4, 0.5) is 5.69 Å². The summed E-state index contributed by atoms with van der Waals surface area (Å²) in [6, 6.07) is 9.10. The lowest BCUT2D eigenvalue weighted by Crippen LogP contribution is -2.23. The zero-order valence-electron chi connectivity index (χ0n) is 15.6. The Labute approximate surface area is 170 Å². The minimum Gasteiger partial charge on any atom is -0.378 e. The topological polar surface area (TPSA) is 111 Å². The van der Waals surface area contributed by atoms with Crippen LogP contribution in [0.15, 0.2) is 53.7 Å². The highest BCUT2D eigenvalue weighted by atomic mass is 32.1. The number of carbonyl (C=O) groups excluding carboxylic acids is 1. The lowest BCUT2D eigenvalue weighted by Gasteiger charge is -2.09. The van der Waals surface area contributed by atoms with Crippen LogP contribution < -0.4 is 10.6 Å². The van der Waals surface area contributed by atoms with E-state index in [0.717, 1.165) is 17.2 Å². The lowest BCUT2D eigenvalue weighted by atomic mass is 10.2. The van der Waals surface area contributed by atoms with E-state index < -0.39 is 0 Å². The van der Waals surface area contributed by atoms with Crippen molar-refractivity contribution >= 4 is 22.9 Å². The molecule has 3 heterocycles. The Hall–Kier alpha value is -3.66. The molecule has 0 radical (unpaired) electrons.